The number of carbonyl (C=O) groups excluding carboxylic acids is 1. The van der Waals surface area contributed by atoms with Gasteiger partial charge in [0.25, 0.3) is 5.91 Å². The van der Waals surface area contributed by atoms with Gasteiger partial charge in [-0.25, -0.2) is 5.43 Å². The molecule has 58 valence electrons. The lowest BCUT2D eigenvalue weighted by molar-refractivity contribution is -0.149. The van der Waals surface area contributed by atoms with Crippen LogP contribution in [0.1, 0.15) is 6.92 Å². The van der Waals surface area contributed by atoms with Gasteiger partial charge in [0.05, 0.1) is 0 Å². The van der Waals surface area contributed by atoms with Crippen LogP contribution in [0.3, 0.4) is 0 Å². The molecule has 0 radical (unpaired) electrons. The number of nitrogens with one attached hydrogen (secondary N) is 1. The molecule has 0 aromatic rings. The van der Waals surface area contributed by atoms with Crippen LogP contribution in [-0.4, -0.2) is 35.7 Å². The number of hydrazine groups is 1. The van der Waals surface area contributed by atoms with Crippen molar-refractivity contribution in [2.24, 2.45) is 5.92 Å². The lowest BCUT2D eigenvalue weighted by Gasteiger charge is -2.31. The normalized spacial score (nSPS) is 34.7. The van der Waals surface area contributed by atoms with Crippen LogP contribution in [0.4, 0.5) is 0 Å². The van der Waals surface area contributed by atoms with E-state index < -0.39 is 6.10 Å². The van der Waals surface area contributed by atoms with Crippen LogP contribution in [-0.2, 0) is 4.79 Å². The average molecular weight is 144 g/mol. The van der Waals surface area contributed by atoms with E-state index in [4.69, 9.17) is 0 Å². The number of rotatable bonds is 0. The van der Waals surface area contributed by atoms with E-state index in [0.29, 0.717) is 6.54 Å². The summed E-state index contributed by atoms with van der Waals surface area (Å²) in [4.78, 5) is 10.9. The van der Waals surface area contributed by atoms with E-state index in [1.807, 2.05) is 6.92 Å². The molecule has 2 unspecified atom stereocenters. The Hall–Kier alpha value is -0.610. The quantitative estimate of drug-likeness (QED) is 0.456. The van der Waals surface area contributed by atoms with Gasteiger partial charge in [-0.05, 0) is 0 Å². The molecular weight excluding hydrogens is 132 g/mol. The monoisotopic (exact) mass is 144 g/mol. The Kier molecular flexibility index (Phi) is 1.92. The molecule has 2 N–H and O–H groups in total. The molecule has 0 spiro atoms. The number of nitrogens with zero attached hydrogens (tertiary/aromatic N) is 1. The fourth-order valence-corrected chi connectivity index (χ4v) is 0.912. The molecule has 4 heteroatoms. The number of hydrogen-bond donors (Lipinski definition) is 2. The topological polar surface area (TPSA) is 52.6 Å². The highest BCUT2D eigenvalue weighted by atomic mass is 16.3. The van der Waals surface area contributed by atoms with E-state index in [2.05, 4.69) is 5.43 Å². The molecule has 1 saturated heterocycles. The second-order valence-corrected chi connectivity index (χ2v) is 2.68. The predicted molar refractivity (Wildman–Crippen MR) is 35.9 cm³/mol. The summed E-state index contributed by atoms with van der Waals surface area (Å²) in [5.74, 6) is -0.234. The second kappa shape index (κ2) is 2.56. The molecular formula is C6H12N2O2. The summed E-state index contributed by atoms with van der Waals surface area (Å²) in [5, 5.41) is 10.5. The highest BCUT2D eigenvalue weighted by molar-refractivity contribution is 5.80. The molecule has 0 aromatic carbocycles. The Labute approximate surface area is 59.8 Å². The Morgan fingerprint density at radius 2 is 2.40 bits per heavy atom. The van der Waals surface area contributed by atoms with E-state index in [-0.39, 0.29) is 11.8 Å². The van der Waals surface area contributed by atoms with Crippen molar-refractivity contribution in [3.05, 3.63) is 0 Å². The number of aliphatic hydroxyl groups excluding tert-OH is 1. The summed E-state index contributed by atoms with van der Waals surface area (Å²) in [5.41, 5.74) is 2.84. The highest BCUT2D eigenvalue weighted by Gasteiger charge is 2.29. The number of carbonyl (C=O) groups is 1. The van der Waals surface area contributed by atoms with Gasteiger partial charge in [0.1, 0.15) is 6.10 Å². The Morgan fingerprint density at radius 3 is 2.90 bits per heavy atom. The van der Waals surface area contributed by atoms with Gasteiger partial charge in [-0.2, -0.15) is 0 Å². The maximum atomic E-state index is 10.9. The number of amides is 1. The fourth-order valence-electron chi connectivity index (χ4n) is 0.912. The highest BCUT2D eigenvalue weighted by Crippen LogP contribution is 2.08. The standard InChI is InChI=1S/C6H12N2O2/c1-4-3-7-8(2)6(10)5(4)9/h4-5,7,9H,3H2,1-2H3. The van der Waals surface area contributed by atoms with Gasteiger partial charge < -0.3 is 5.11 Å². The van der Waals surface area contributed by atoms with Crippen LogP contribution >= 0.6 is 0 Å². The van der Waals surface area contributed by atoms with Gasteiger partial charge in [-0.3, -0.25) is 9.80 Å². The third kappa shape index (κ3) is 1.12. The predicted octanol–water partition coefficient (Wildman–Crippen LogP) is -1.04. The van der Waals surface area contributed by atoms with Gasteiger partial charge in [0.2, 0.25) is 0 Å². The van der Waals surface area contributed by atoms with Crippen LogP contribution in [0, 0.1) is 5.92 Å². The molecule has 1 amide bonds. The zero-order chi connectivity index (χ0) is 7.72. The minimum Gasteiger partial charge on any atom is -0.383 e. The number of hydrogen-bond acceptors (Lipinski definition) is 3. The molecule has 2 atom stereocenters. The van der Waals surface area contributed by atoms with Gasteiger partial charge in [-0.15, -0.1) is 0 Å². The number of likely N-dealkylation sites (N-methyl/N-ethyl adjacent to an activating group) is 1. The molecule has 1 fully saturated rings. The molecule has 1 heterocycles. The summed E-state index contributed by atoms with van der Waals surface area (Å²) >= 11 is 0. The summed E-state index contributed by atoms with van der Waals surface area (Å²) in [6, 6.07) is 0. The van der Waals surface area contributed by atoms with Crippen molar-refractivity contribution in [1.82, 2.24) is 10.4 Å². The van der Waals surface area contributed by atoms with Gasteiger partial charge in [0.15, 0.2) is 0 Å². The zero-order valence-electron chi connectivity index (χ0n) is 6.16. The van der Waals surface area contributed by atoms with Crippen molar-refractivity contribution in [2.45, 2.75) is 13.0 Å². The SMILES string of the molecule is CC1CNN(C)C(=O)C1O. The molecule has 0 aliphatic carbocycles. The summed E-state index contributed by atoms with van der Waals surface area (Å²) < 4.78 is 0. The van der Waals surface area contributed by atoms with Crippen LogP contribution < -0.4 is 5.43 Å². The Balaban J connectivity index is 2.60. The van der Waals surface area contributed by atoms with E-state index in [1.165, 1.54) is 5.01 Å². The van der Waals surface area contributed by atoms with Crippen molar-refractivity contribution < 1.29 is 9.90 Å². The molecule has 4 nitrogen and oxygen atoms in total. The Morgan fingerprint density at radius 1 is 1.80 bits per heavy atom. The molecule has 0 saturated carbocycles. The van der Waals surface area contributed by atoms with E-state index in [1.54, 1.807) is 7.05 Å². The van der Waals surface area contributed by atoms with Crippen molar-refractivity contribution in [1.29, 1.82) is 0 Å². The second-order valence-electron chi connectivity index (χ2n) is 2.68. The maximum absolute atomic E-state index is 10.9. The minimum atomic E-state index is -0.828. The van der Waals surface area contributed by atoms with Crippen molar-refractivity contribution >= 4 is 5.91 Å². The summed E-state index contributed by atoms with van der Waals surface area (Å²) in [6.07, 6.45) is -0.828. The van der Waals surface area contributed by atoms with Crippen LogP contribution in [0.5, 0.6) is 0 Å². The van der Waals surface area contributed by atoms with E-state index in [0.717, 1.165) is 0 Å². The van der Waals surface area contributed by atoms with Gasteiger partial charge in [0, 0.05) is 19.5 Å². The van der Waals surface area contributed by atoms with Crippen LogP contribution in [0.15, 0.2) is 0 Å². The van der Waals surface area contributed by atoms with Crippen molar-refractivity contribution in [3.8, 4) is 0 Å². The first-order chi connectivity index (χ1) is 4.63. The molecule has 1 rings (SSSR count). The first kappa shape index (κ1) is 7.50. The molecule has 1 aliphatic rings. The largest absolute Gasteiger partial charge is 0.383 e. The first-order valence-electron chi connectivity index (χ1n) is 3.32. The van der Waals surface area contributed by atoms with Gasteiger partial charge in [-0.1, -0.05) is 6.92 Å². The smallest absolute Gasteiger partial charge is 0.265 e. The van der Waals surface area contributed by atoms with Gasteiger partial charge >= 0.3 is 0 Å². The first-order valence-corrected chi connectivity index (χ1v) is 3.32. The fraction of sp³-hybridized carbons (Fsp3) is 0.833. The van der Waals surface area contributed by atoms with Crippen molar-refractivity contribution in [2.75, 3.05) is 13.6 Å². The third-order valence-electron chi connectivity index (χ3n) is 1.77. The third-order valence-corrected chi connectivity index (χ3v) is 1.77. The van der Waals surface area contributed by atoms with E-state index >= 15 is 0 Å². The Bertz CT molecular complexity index is 149. The van der Waals surface area contributed by atoms with E-state index in [9.17, 15) is 9.90 Å². The number of aliphatic hydroxyl groups is 1. The molecule has 10 heavy (non-hydrogen) atoms. The zero-order valence-corrected chi connectivity index (χ0v) is 6.16. The summed E-state index contributed by atoms with van der Waals surface area (Å²) in [7, 11) is 1.61. The average Bonchev–Trinajstić information content (AvgIpc) is 1.93. The van der Waals surface area contributed by atoms with Crippen molar-refractivity contribution in [3.63, 3.8) is 0 Å². The minimum absolute atomic E-state index is 0.0173. The maximum Gasteiger partial charge on any atom is 0.265 e. The summed E-state index contributed by atoms with van der Waals surface area (Å²) in [6.45, 7) is 2.49. The molecule has 0 bridgehead atoms. The van der Waals surface area contributed by atoms with Crippen LogP contribution in [0.25, 0.3) is 0 Å². The van der Waals surface area contributed by atoms with Crippen LogP contribution in [0.2, 0.25) is 0 Å². The lowest BCUT2D eigenvalue weighted by atomic mass is 10.0. The molecule has 1 aliphatic heterocycles. The lowest BCUT2D eigenvalue weighted by Crippen LogP contribution is -2.55. The molecule has 0 aromatic heterocycles.